The molecule has 3 rings (SSSR count). The van der Waals surface area contributed by atoms with E-state index in [-0.39, 0.29) is 24.6 Å². The van der Waals surface area contributed by atoms with Crippen LogP contribution in [0.15, 0.2) is 58.0 Å². The molecule has 1 fully saturated rings. The summed E-state index contributed by atoms with van der Waals surface area (Å²) in [5.41, 5.74) is -0.398. The van der Waals surface area contributed by atoms with E-state index in [1.165, 1.54) is 6.07 Å². The number of amidine groups is 1. The van der Waals surface area contributed by atoms with Gasteiger partial charge in [-0.05, 0) is 51.0 Å². The Morgan fingerprint density at radius 2 is 1.90 bits per heavy atom. The van der Waals surface area contributed by atoms with Crippen LogP contribution in [0.2, 0.25) is 0 Å². The first-order chi connectivity index (χ1) is 14.0. The quantitative estimate of drug-likeness (QED) is 0.651. The molecule has 0 radical (unpaired) electrons. The first-order valence-electron chi connectivity index (χ1n) is 9.42. The van der Waals surface area contributed by atoms with Crippen molar-refractivity contribution < 1.29 is 22.7 Å². The number of ether oxygens (including phenoxy) is 1. The SMILES string of the molecule is CC1(C)OC(=N[C@@H](CCO)c2ccccc2F)NS(=O)(=O)C1(C)c1cccc(Br)c1. The van der Waals surface area contributed by atoms with E-state index in [0.29, 0.717) is 5.56 Å². The molecule has 1 heterocycles. The standard InChI is InChI=1S/C21H24BrFN2O4S/c1-20(2)21(3,14-7-6-8-15(22)13-14)30(27,28)25-19(29-20)24-18(11-12-26)16-9-4-5-10-17(16)23/h4-10,13,18,26H,11-12H2,1-3H3,(H,24,25)/t18-,21?/m0/s1. The molecule has 0 aromatic heterocycles. The number of nitrogens with one attached hydrogen (secondary N) is 1. The lowest BCUT2D eigenvalue weighted by atomic mass is 9.85. The van der Waals surface area contributed by atoms with Gasteiger partial charge in [-0.2, -0.15) is 0 Å². The minimum Gasteiger partial charge on any atom is -0.456 e. The average Bonchev–Trinajstić information content (AvgIpc) is 2.65. The summed E-state index contributed by atoms with van der Waals surface area (Å²) in [7, 11) is -3.99. The van der Waals surface area contributed by atoms with Crippen molar-refractivity contribution in [2.45, 2.75) is 43.6 Å². The summed E-state index contributed by atoms with van der Waals surface area (Å²) in [5, 5.41) is 9.41. The molecule has 0 saturated carbocycles. The van der Waals surface area contributed by atoms with Crippen molar-refractivity contribution >= 4 is 32.0 Å². The minimum absolute atomic E-state index is 0.110. The smallest absolute Gasteiger partial charge is 0.299 e. The Balaban J connectivity index is 2.05. The van der Waals surface area contributed by atoms with Crippen molar-refractivity contribution in [3.8, 4) is 0 Å². The number of aliphatic hydroxyl groups excluding tert-OH is 1. The van der Waals surface area contributed by atoms with Crippen LogP contribution in [0.1, 0.15) is 44.4 Å². The van der Waals surface area contributed by atoms with E-state index >= 15 is 0 Å². The van der Waals surface area contributed by atoms with Gasteiger partial charge in [0.1, 0.15) is 11.4 Å². The van der Waals surface area contributed by atoms with Crippen molar-refractivity contribution in [2.75, 3.05) is 6.61 Å². The number of hydrogen-bond acceptors (Lipinski definition) is 5. The molecule has 0 bridgehead atoms. The molecule has 2 aromatic carbocycles. The summed E-state index contributed by atoms with van der Waals surface area (Å²) < 4.78 is 48.8. The fourth-order valence-electron chi connectivity index (χ4n) is 3.54. The van der Waals surface area contributed by atoms with E-state index in [9.17, 15) is 17.9 Å². The normalized spacial score (nSPS) is 24.7. The van der Waals surface area contributed by atoms with Crippen LogP contribution in [-0.2, 0) is 19.5 Å². The number of aliphatic imine (C=N–C) groups is 1. The topological polar surface area (TPSA) is 88.0 Å². The van der Waals surface area contributed by atoms with E-state index in [1.807, 2.05) is 6.07 Å². The molecule has 30 heavy (non-hydrogen) atoms. The Morgan fingerprint density at radius 1 is 1.20 bits per heavy atom. The Bertz CT molecular complexity index is 1070. The maximum atomic E-state index is 14.3. The Labute approximate surface area is 184 Å². The monoisotopic (exact) mass is 498 g/mol. The molecule has 1 aliphatic heterocycles. The third-order valence-electron chi connectivity index (χ3n) is 5.58. The van der Waals surface area contributed by atoms with Gasteiger partial charge in [0, 0.05) is 16.6 Å². The average molecular weight is 499 g/mol. The number of benzene rings is 2. The third kappa shape index (κ3) is 3.98. The zero-order chi connectivity index (χ0) is 22.2. The Kier molecular flexibility index (Phi) is 6.27. The van der Waals surface area contributed by atoms with Gasteiger partial charge < -0.3 is 9.84 Å². The fraction of sp³-hybridized carbons (Fsp3) is 0.381. The molecule has 1 saturated heterocycles. The van der Waals surface area contributed by atoms with Crippen molar-refractivity contribution in [1.29, 1.82) is 0 Å². The summed E-state index contributed by atoms with van der Waals surface area (Å²) >= 11 is 3.38. The molecule has 6 nitrogen and oxygen atoms in total. The van der Waals surface area contributed by atoms with E-state index in [0.717, 1.165) is 4.47 Å². The second-order valence-electron chi connectivity index (χ2n) is 7.75. The summed E-state index contributed by atoms with van der Waals surface area (Å²) in [4.78, 5) is 4.32. The molecule has 162 valence electrons. The molecule has 1 unspecified atom stereocenters. The number of nitrogens with zero attached hydrogens (tertiary/aromatic N) is 1. The highest BCUT2D eigenvalue weighted by molar-refractivity contribution is 9.10. The molecule has 2 aromatic rings. The minimum atomic E-state index is -3.99. The van der Waals surface area contributed by atoms with Crippen LogP contribution in [0.4, 0.5) is 4.39 Å². The lowest BCUT2D eigenvalue weighted by Crippen LogP contribution is -2.63. The molecule has 0 aliphatic carbocycles. The van der Waals surface area contributed by atoms with E-state index < -0.39 is 32.2 Å². The van der Waals surface area contributed by atoms with Crippen LogP contribution in [0.25, 0.3) is 0 Å². The molecular formula is C21H24BrFN2O4S. The lowest BCUT2D eigenvalue weighted by Gasteiger charge is -2.47. The fourth-order valence-corrected chi connectivity index (χ4v) is 5.59. The highest BCUT2D eigenvalue weighted by Crippen LogP contribution is 2.45. The maximum absolute atomic E-state index is 14.3. The van der Waals surface area contributed by atoms with Crippen molar-refractivity contribution in [1.82, 2.24) is 4.72 Å². The summed E-state index contributed by atoms with van der Waals surface area (Å²) in [6.07, 6.45) is 0.110. The van der Waals surface area contributed by atoms with Crippen molar-refractivity contribution in [3.63, 3.8) is 0 Å². The summed E-state index contributed by atoms with van der Waals surface area (Å²) in [6, 6.07) is 12.0. The van der Waals surface area contributed by atoms with Gasteiger partial charge in [-0.1, -0.05) is 46.3 Å². The second-order valence-corrected chi connectivity index (χ2v) is 10.7. The maximum Gasteiger partial charge on any atom is 0.299 e. The third-order valence-corrected chi connectivity index (χ3v) is 8.31. The molecule has 9 heteroatoms. The molecular weight excluding hydrogens is 475 g/mol. The summed E-state index contributed by atoms with van der Waals surface area (Å²) in [6.45, 7) is 4.69. The number of halogens is 2. The predicted molar refractivity (Wildman–Crippen MR) is 117 cm³/mol. The van der Waals surface area contributed by atoms with Gasteiger partial charge in [-0.15, -0.1) is 0 Å². The van der Waals surface area contributed by atoms with Crippen LogP contribution in [0, 0.1) is 5.82 Å². The molecule has 2 atom stereocenters. The number of rotatable bonds is 5. The number of aliphatic hydroxyl groups is 1. The van der Waals surface area contributed by atoms with Gasteiger partial charge in [-0.3, -0.25) is 0 Å². The zero-order valence-corrected chi connectivity index (χ0v) is 19.3. The van der Waals surface area contributed by atoms with Gasteiger partial charge in [0.05, 0.1) is 6.04 Å². The number of hydrogen-bond donors (Lipinski definition) is 2. The second kappa shape index (κ2) is 8.28. The first-order valence-corrected chi connectivity index (χ1v) is 11.7. The predicted octanol–water partition coefficient (Wildman–Crippen LogP) is 4.01. The van der Waals surface area contributed by atoms with Gasteiger partial charge in [0.15, 0.2) is 4.75 Å². The lowest BCUT2D eigenvalue weighted by molar-refractivity contribution is 0.0381. The van der Waals surface area contributed by atoms with Crippen LogP contribution >= 0.6 is 15.9 Å². The Morgan fingerprint density at radius 3 is 2.50 bits per heavy atom. The largest absolute Gasteiger partial charge is 0.456 e. The van der Waals surface area contributed by atoms with Crippen LogP contribution in [0.5, 0.6) is 0 Å². The van der Waals surface area contributed by atoms with Crippen molar-refractivity contribution in [2.24, 2.45) is 4.99 Å². The number of sulfonamides is 1. The molecule has 2 N–H and O–H groups in total. The van der Waals surface area contributed by atoms with E-state index in [1.54, 1.807) is 57.2 Å². The molecule has 1 aliphatic rings. The van der Waals surface area contributed by atoms with Crippen LogP contribution in [-0.4, -0.2) is 31.8 Å². The van der Waals surface area contributed by atoms with E-state index in [4.69, 9.17) is 4.74 Å². The summed E-state index contributed by atoms with van der Waals surface area (Å²) in [5.74, 6) is -0.489. The highest BCUT2D eigenvalue weighted by Gasteiger charge is 2.59. The Hall–Kier alpha value is -1.97. The van der Waals surface area contributed by atoms with Crippen molar-refractivity contribution in [3.05, 3.63) is 69.9 Å². The van der Waals surface area contributed by atoms with Gasteiger partial charge in [0.2, 0.25) is 10.0 Å². The highest BCUT2D eigenvalue weighted by atomic mass is 79.9. The molecule has 0 amide bonds. The zero-order valence-electron chi connectivity index (χ0n) is 16.9. The van der Waals surface area contributed by atoms with Gasteiger partial charge in [-0.25, -0.2) is 22.5 Å². The van der Waals surface area contributed by atoms with Crippen LogP contribution < -0.4 is 4.72 Å². The van der Waals surface area contributed by atoms with Crippen LogP contribution in [0.3, 0.4) is 0 Å². The van der Waals surface area contributed by atoms with Gasteiger partial charge in [0.25, 0.3) is 6.02 Å². The molecule has 0 spiro atoms. The first kappa shape index (κ1) is 22.7. The van der Waals surface area contributed by atoms with E-state index in [2.05, 4.69) is 25.6 Å². The van der Waals surface area contributed by atoms with Gasteiger partial charge >= 0.3 is 0 Å².